The first-order valence-corrected chi connectivity index (χ1v) is 7.41. The fourth-order valence-electron chi connectivity index (χ4n) is 2.86. The van der Waals surface area contributed by atoms with Crippen LogP contribution in [0.3, 0.4) is 0 Å². The average Bonchev–Trinajstić information content (AvgIpc) is 2.30. The molecule has 0 aliphatic carbocycles. The number of nitrogens with zero attached hydrogens (tertiary/aromatic N) is 1. The number of phenols is 1. The van der Waals surface area contributed by atoms with Crippen molar-refractivity contribution < 1.29 is 5.11 Å². The van der Waals surface area contributed by atoms with Gasteiger partial charge in [-0.25, -0.2) is 0 Å². The van der Waals surface area contributed by atoms with E-state index in [4.69, 9.17) is 0 Å². The number of hydrogen-bond donors (Lipinski definition) is 1. The fourth-order valence-corrected chi connectivity index (χ4v) is 3.23. The maximum atomic E-state index is 10.0. The van der Waals surface area contributed by atoms with Crippen LogP contribution >= 0.6 is 15.9 Å². The molecule has 2 nitrogen and oxygen atoms in total. The van der Waals surface area contributed by atoms with Crippen LogP contribution in [0.1, 0.15) is 45.2 Å². The molecule has 0 aromatic heterocycles. The van der Waals surface area contributed by atoms with Gasteiger partial charge < -0.3 is 5.11 Å². The van der Waals surface area contributed by atoms with Gasteiger partial charge in [-0.2, -0.15) is 0 Å². The minimum absolute atomic E-state index is 0.266. The Hall–Kier alpha value is -0.540. The first-order valence-electron chi connectivity index (χ1n) is 6.61. The lowest BCUT2D eigenvalue weighted by molar-refractivity contribution is 0.0836. The third kappa shape index (κ3) is 3.07. The summed E-state index contributed by atoms with van der Waals surface area (Å²) in [7, 11) is 0. The highest BCUT2D eigenvalue weighted by Crippen LogP contribution is 2.36. The zero-order valence-corrected chi connectivity index (χ0v) is 13.0. The van der Waals surface area contributed by atoms with Gasteiger partial charge in [0.05, 0.1) is 0 Å². The van der Waals surface area contributed by atoms with Crippen LogP contribution in [0.4, 0.5) is 0 Å². The predicted octanol–water partition coefficient (Wildman–Crippen LogP) is 4.34. The molecule has 1 unspecified atom stereocenters. The van der Waals surface area contributed by atoms with Gasteiger partial charge in [0.25, 0.3) is 0 Å². The van der Waals surface area contributed by atoms with Crippen LogP contribution in [-0.4, -0.2) is 23.1 Å². The number of likely N-dealkylation sites (tertiary alicyclic amines) is 1. The topological polar surface area (TPSA) is 23.5 Å². The summed E-state index contributed by atoms with van der Waals surface area (Å²) in [5.41, 5.74) is 1.40. The smallest absolute Gasteiger partial charge is 0.120 e. The first kappa shape index (κ1) is 13.9. The molecule has 0 saturated carbocycles. The summed E-state index contributed by atoms with van der Waals surface area (Å²) in [5.74, 6) is 0.397. The Morgan fingerprint density at radius 2 is 2.11 bits per heavy atom. The van der Waals surface area contributed by atoms with Crippen LogP contribution in [0.2, 0.25) is 0 Å². The Balaban J connectivity index is 2.20. The molecular formula is C15H22BrNO. The summed E-state index contributed by atoms with van der Waals surface area (Å²) in [6.07, 6.45) is 2.53. The summed E-state index contributed by atoms with van der Waals surface area (Å²) in [5, 5.41) is 10.0. The normalized spacial score (nSPS) is 21.8. The number of rotatable bonds is 2. The van der Waals surface area contributed by atoms with Gasteiger partial charge in [0.1, 0.15) is 5.75 Å². The quantitative estimate of drug-likeness (QED) is 0.878. The maximum absolute atomic E-state index is 10.0. The highest BCUT2D eigenvalue weighted by atomic mass is 79.9. The van der Waals surface area contributed by atoms with Crippen molar-refractivity contribution in [2.75, 3.05) is 13.1 Å². The minimum Gasteiger partial charge on any atom is -0.508 e. The number of hydrogen-bond acceptors (Lipinski definition) is 2. The number of benzene rings is 1. The van der Waals surface area contributed by atoms with Crippen LogP contribution < -0.4 is 0 Å². The van der Waals surface area contributed by atoms with Crippen molar-refractivity contribution in [1.29, 1.82) is 0 Å². The molecule has 18 heavy (non-hydrogen) atoms. The van der Waals surface area contributed by atoms with E-state index < -0.39 is 0 Å². The number of phenolic OH excluding ortho intramolecular Hbond substituents is 1. The van der Waals surface area contributed by atoms with E-state index in [0.717, 1.165) is 23.1 Å². The monoisotopic (exact) mass is 311 g/mol. The van der Waals surface area contributed by atoms with Crippen molar-refractivity contribution in [2.45, 2.75) is 39.7 Å². The van der Waals surface area contributed by atoms with Crippen molar-refractivity contribution >= 4 is 15.9 Å². The van der Waals surface area contributed by atoms with Crippen LogP contribution in [0, 0.1) is 5.41 Å². The molecule has 0 amide bonds. The third-order valence-electron chi connectivity index (χ3n) is 3.92. The first-order chi connectivity index (χ1) is 8.39. The van der Waals surface area contributed by atoms with E-state index in [-0.39, 0.29) is 6.04 Å². The minimum atomic E-state index is 0.266. The van der Waals surface area contributed by atoms with E-state index in [9.17, 15) is 5.11 Å². The Bertz CT molecular complexity index is 431. The molecule has 0 radical (unpaired) electrons. The van der Waals surface area contributed by atoms with Gasteiger partial charge in [-0.05, 0) is 49.9 Å². The number of halogens is 1. The standard InChI is InChI=1S/C15H22BrNO/c1-11(13-9-12(16)5-6-14(13)18)17-8-4-7-15(2,3)10-17/h5-6,9,11,18H,4,7-8,10H2,1-3H3. The van der Waals surface area contributed by atoms with E-state index >= 15 is 0 Å². The molecule has 1 aliphatic rings. The summed E-state index contributed by atoms with van der Waals surface area (Å²) >= 11 is 3.48. The number of piperidine rings is 1. The predicted molar refractivity (Wildman–Crippen MR) is 78.8 cm³/mol. The Labute approximate surface area is 118 Å². The zero-order chi connectivity index (χ0) is 13.3. The SMILES string of the molecule is CC(c1cc(Br)ccc1O)N1CCCC(C)(C)C1. The van der Waals surface area contributed by atoms with E-state index in [0.29, 0.717) is 11.2 Å². The average molecular weight is 312 g/mol. The third-order valence-corrected chi connectivity index (χ3v) is 4.41. The molecule has 1 aromatic rings. The van der Waals surface area contributed by atoms with Gasteiger partial charge in [0, 0.05) is 22.6 Å². The lowest BCUT2D eigenvalue weighted by Crippen LogP contribution is -2.41. The summed E-state index contributed by atoms with van der Waals surface area (Å²) < 4.78 is 1.03. The van der Waals surface area contributed by atoms with Crippen LogP contribution in [0.15, 0.2) is 22.7 Å². The second-order valence-corrected chi connectivity index (χ2v) is 7.03. The van der Waals surface area contributed by atoms with Gasteiger partial charge in [-0.3, -0.25) is 4.90 Å². The largest absolute Gasteiger partial charge is 0.508 e. The Kier molecular flexibility index (Phi) is 4.02. The van der Waals surface area contributed by atoms with Gasteiger partial charge in [-0.1, -0.05) is 29.8 Å². The van der Waals surface area contributed by atoms with Crippen LogP contribution in [-0.2, 0) is 0 Å². The summed E-state index contributed by atoms with van der Waals surface area (Å²) in [6.45, 7) is 9.05. The number of aromatic hydroxyl groups is 1. The molecular weight excluding hydrogens is 290 g/mol. The molecule has 0 spiro atoms. The highest BCUT2D eigenvalue weighted by Gasteiger charge is 2.30. The summed E-state index contributed by atoms with van der Waals surface area (Å²) in [6, 6.07) is 5.94. The molecule has 1 aliphatic heterocycles. The van der Waals surface area contributed by atoms with E-state index in [1.165, 1.54) is 12.8 Å². The maximum Gasteiger partial charge on any atom is 0.120 e. The Morgan fingerprint density at radius 1 is 1.39 bits per heavy atom. The zero-order valence-electron chi connectivity index (χ0n) is 11.4. The van der Waals surface area contributed by atoms with Crippen LogP contribution in [0.5, 0.6) is 5.75 Å². The van der Waals surface area contributed by atoms with E-state index in [1.807, 2.05) is 12.1 Å². The Morgan fingerprint density at radius 3 is 2.78 bits per heavy atom. The van der Waals surface area contributed by atoms with Crippen molar-refractivity contribution in [3.8, 4) is 5.75 Å². The van der Waals surface area contributed by atoms with Crippen molar-refractivity contribution in [3.05, 3.63) is 28.2 Å². The lowest BCUT2D eigenvalue weighted by atomic mass is 9.83. The summed E-state index contributed by atoms with van der Waals surface area (Å²) in [4.78, 5) is 2.48. The van der Waals surface area contributed by atoms with Crippen molar-refractivity contribution in [3.63, 3.8) is 0 Å². The molecule has 1 fully saturated rings. The lowest BCUT2D eigenvalue weighted by Gasteiger charge is -2.41. The van der Waals surface area contributed by atoms with E-state index in [2.05, 4.69) is 41.6 Å². The fraction of sp³-hybridized carbons (Fsp3) is 0.600. The second kappa shape index (κ2) is 5.22. The molecule has 100 valence electrons. The molecule has 1 N–H and O–H groups in total. The van der Waals surface area contributed by atoms with E-state index in [1.54, 1.807) is 6.07 Å². The molecule has 1 heterocycles. The van der Waals surface area contributed by atoms with Crippen molar-refractivity contribution in [1.82, 2.24) is 4.90 Å². The van der Waals surface area contributed by atoms with Gasteiger partial charge >= 0.3 is 0 Å². The van der Waals surface area contributed by atoms with Gasteiger partial charge in [-0.15, -0.1) is 0 Å². The molecule has 0 bridgehead atoms. The molecule has 1 aromatic carbocycles. The van der Waals surface area contributed by atoms with Gasteiger partial charge in [0.15, 0.2) is 0 Å². The van der Waals surface area contributed by atoms with Crippen LogP contribution in [0.25, 0.3) is 0 Å². The molecule has 1 saturated heterocycles. The molecule has 1 atom stereocenters. The van der Waals surface area contributed by atoms with Gasteiger partial charge in [0.2, 0.25) is 0 Å². The highest BCUT2D eigenvalue weighted by molar-refractivity contribution is 9.10. The molecule has 3 heteroatoms. The second-order valence-electron chi connectivity index (χ2n) is 6.12. The van der Waals surface area contributed by atoms with Crippen molar-refractivity contribution in [2.24, 2.45) is 5.41 Å². The molecule has 2 rings (SSSR count).